The molecule has 0 spiro atoms. The van der Waals surface area contributed by atoms with Crippen molar-refractivity contribution >= 4 is 28.7 Å². The molecule has 2 bridgehead atoms. The molecule has 74 valence electrons. The molecule has 2 aliphatic heterocycles. The SMILES string of the molecule is O=C(c1sccc1Cl)C1C2CNC1C2. The van der Waals surface area contributed by atoms with Crippen molar-refractivity contribution in [3.05, 3.63) is 21.3 Å². The van der Waals surface area contributed by atoms with Gasteiger partial charge in [-0.25, -0.2) is 0 Å². The molecule has 0 aromatic carbocycles. The van der Waals surface area contributed by atoms with Gasteiger partial charge in [0.15, 0.2) is 5.78 Å². The highest BCUT2D eigenvalue weighted by Crippen LogP contribution is 2.43. The van der Waals surface area contributed by atoms with Gasteiger partial charge in [0.05, 0.1) is 9.90 Å². The van der Waals surface area contributed by atoms with Crippen LogP contribution in [0.25, 0.3) is 0 Å². The van der Waals surface area contributed by atoms with Crippen LogP contribution < -0.4 is 5.32 Å². The topological polar surface area (TPSA) is 29.1 Å². The normalized spacial score (nSPS) is 34.2. The highest BCUT2D eigenvalue weighted by atomic mass is 35.5. The highest BCUT2D eigenvalue weighted by molar-refractivity contribution is 7.12. The summed E-state index contributed by atoms with van der Waals surface area (Å²) < 4.78 is 0. The lowest BCUT2D eigenvalue weighted by Gasteiger charge is -2.32. The first-order valence-electron chi connectivity index (χ1n) is 4.78. The van der Waals surface area contributed by atoms with Crippen LogP contribution >= 0.6 is 22.9 Å². The number of Topliss-reactive ketones (excluding diaryl/α,β-unsaturated/α-hetero) is 1. The fraction of sp³-hybridized carbons (Fsp3) is 0.500. The molecule has 1 aromatic heterocycles. The highest BCUT2D eigenvalue weighted by Gasteiger charge is 2.50. The maximum absolute atomic E-state index is 12.1. The lowest BCUT2D eigenvalue weighted by molar-refractivity contribution is 0.0789. The Balaban J connectivity index is 1.87. The van der Waals surface area contributed by atoms with Crippen molar-refractivity contribution in [1.82, 2.24) is 5.32 Å². The van der Waals surface area contributed by atoms with E-state index in [0.717, 1.165) is 11.4 Å². The summed E-state index contributed by atoms with van der Waals surface area (Å²) in [5.74, 6) is 1.01. The second-order valence-electron chi connectivity index (χ2n) is 4.00. The molecule has 1 saturated carbocycles. The Labute approximate surface area is 91.3 Å². The number of rotatable bonds is 2. The maximum Gasteiger partial charge on any atom is 0.179 e. The second-order valence-corrected chi connectivity index (χ2v) is 5.32. The van der Waals surface area contributed by atoms with Gasteiger partial charge in [0, 0.05) is 12.0 Å². The molecule has 3 heterocycles. The van der Waals surface area contributed by atoms with E-state index in [9.17, 15) is 4.79 Å². The van der Waals surface area contributed by atoms with Gasteiger partial charge in [0.2, 0.25) is 0 Å². The Morgan fingerprint density at radius 3 is 3.00 bits per heavy atom. The number of thiophene rings is 1. The van der Waals surface area contributed by atoms with Gasteiger partial charge in [-0.05, 0) is 30.3 Å². The zero-order valence-electron chi connectivity index (χ0n) is 7.50. The van der Waals surface area contributed by atoms with E-state index in [0.29, 0.717) is 17.0 Å². The molecular formula is C10H10ClNOS. The van der Waals surface area contributed by atoms with E-state index in [1.807, 2.05) is 5.38 Å². The molecule has 3 fully saturated rings. The Bertz CT molecular complexity index is 375. The average molecular weight is 228 g/mol. The molecule has 4 heteroatoms. The molecule has 3 atom stereocenters. The summed E-state index contributed by atoms with van der Waals surface area (Å²) in [4.78, 5) is 12.8. The molecule has 4 rings (SSSR count). The summed E-state index contributed by atoms with van der Waals surface area (Å²) in [6, 6.07) is 2.22. The fourth-order valence-electron chi connectivity index (χ4n) is 2.49. The van der Waals surface area contributed by atoms with Gasteiger partial charge in [-0.15, -0.1) is 11.3 Å². The standard InChI is InChI=1S/C10H10ClNOS/c11-6-1-2-14-10(6)9(13)8-5-3-7(8)12-4-5/h1-2,5,7-8,12H,3-4H2. The van der Waals surface area contributed by atoms with Gasteiger partial charge in [0.25, 0.3) is 0 Å². The summed E-state index contributed by atoms with van der Waals surface area (Å²) >= 11 is 7.40. The van der Waals surface area contributed by atoms with Crippen LogP contribution in [0.15, 0.2) is 11.4 Å². The van der Waals surface area contributed by atoms with E-state index in [1.165, 1.54) is 17.8 Å². The summed E-state index contributed by atoms with van der Waals surface area (Å²) in [7, 11) is 0. The third-order valence-corrected chi connectivity index (χ3v) is 4.64. The molecule has 2 nitrogen and oxygen atoms in total. The number of halogens is 1. The van der Waals surface area contributed by atoms with Crippen LogP contribution in [0.3, 0.4) is 0 Å². The zero-order valence-corrected chi connectivity index (χ0v) is 9.07. The number of fused-ring (bicyclic) bond motifs is 1. The van der Waals surface area contributed by atoms with Gasteiger partial charge in [-0.2, -0.15) is 0 Å². The largest absolute Gasteiger partial charge is 0.313 e. The number of carbonyl (C=O) groups is 1. The van der Waals surface area contributed by atoms with E-state index in [1.54, 1.807) is 6.07 Å². The van der Waals surface area contributed by atoms with Gasteiger partial charge >= 0.3 is 0 Å². The lowest BCUT2D eigenvalue weighted by Crippen LogP contribution is -2.42. The van der Waals surface area contributed by atoms with Crippen molar-refractivity contribution in [1.29, 1.82) is 0 Å². The average Bonchev–Trinajstić information content (AvgIpc) is 2.74. The quantitative estimate of drug-likeness (QED) is 0.785. The van der Waals surface area contributed by atoms with Crippen molar-refractivity contribution in [3.63, 3.8) is 0 Å². The predicted molar refractivity (Wildman–Crippen MR) is 57.0 cm³/mol. The first kappa shape index (κ1) is 8.89. The van der Waals surface area contributed by atoms with Crippen LogP contribution in [0.4, 0.5) is 0 Å². The van der Waals surface area contributed by atoms with Crippen molar-refractivity contribution in [2.75, 3.05) is 6.54 Å². The summed E-state index contributed by atoms with van der Waals surface area (Å²) in [5, 5.41) is 5.84. The lowest BCUT2D eigenvalue weighted by atomic mass is 9.71. The molecule has 2 saturated heterocycles. The maximum atomic E-state index is 12.1. The van der Waals surface area contributed by atoms with Gasteiger partial charge in [-0.1, -0.05) is 11.6 Å². The van der Waals surface area contributed by atoms with E-state index >= 15 is 0 Å². The van der Waals surface area contributed by atoms with Gasteiger partial charge in [-0.3, -0.25) is 4.79 Å². The third-order valence-electron chi connectivity index (χ3n) is 3.28. The molecule has 1 aliphatic carbocycles. The third kappa shape index (κ3) is 1.09. The van der Waals surface area contributed by atoms with Gasteiger partial charge < -0.3 is 5.32 Å². The number of hydrogen-bond donors (Lipinski definition) is 1. The van der Waals surface area contributed by atoms with Gasteiger partial charge in [0.1, 0.15) is 0 Å². The van der Waals surface area contributed by atoms with Crippen molar-refractivity contribution in [3.8, 4) is 0 Å². The monoisotopic (exact) mass is 227 g/mol. The van der Waals surface area contributed by atoms with Crippen LogP contribution in [0.2, 0.25) is 5.02 Å². The van der Waals surface area contributed by atoms with Crippen LogP contribution in [-0.2, 0) is 0 Å². The smallest absolute Gasteiger partial charge is 0.179 e. The van der Waals surface area contributed by atoms with E-state index < -0.39 is 0 Å². The fourth-order valence-corrected chi connectivity index (χ4v) is 3.63. The van der Waals surface area contributed by atoms with Crippen LogP contribution in [0.5, 0.6) is 0 Å². The number of ketones is 1. The minimum absolute atomic E-state index is 0.200. The van der Waals surface area contributed by atoms with E-state index in [-0.39, 0.29) is 11.7 Å². The van der Waals surface area contributed by atoms with Crippen LogP contribution in [0.1, 0.15) is 16.1 Å². The molecular weight excluding hydrogens is 218 g/mol. The number of hydrogen-bond acceptors (Lipinski definition) is 3. The molecule has 3 aliphatic rings. The van der Waals surface area contributed by atoms with Crippen molar-refractivity contribution < 1.29 is 4.79 Å². The van der Waals surface area contributed by atoms with Crippen molar-refractivity contribution in [2.24, 2.45) is 11.8 Å². The zero-order chi connectivity index (χ0) is 9.71. The van der Waals surface area contributed by atoms with E-state index in [2.05, 4.69) is 5.32 Å². The second kappa shape index (κ2) is 3.05. The van der Waals surface area contributed by atoms with E-state index in [4.69, 9.17) is 11.6 Å². The Hall–Kier alpha value is -0.380. The molecule has 14 heavy (non-hydrogen) atoms. The molecule has 0 radical (unpaired) electrons. The van der Waals surface area contributed by atoms with Crippen molar-refractivity contribution in [2.45, 2.75) is 12.5 Å². The first-order chi connectivity index (χ1) is 6.77. The summed E-state index contributed by atoms with van der Waals surface area (Å²) in [5.41, 5.74) is 0. The van der Waals surface area contributed by atoms with Crippen LogP contribution in [-0.4, -0.2) is 18.4 Å². The van der Waals surface area contributed by atoms with Crippen LogP contribution in [0, 0.1) is 11.8 Å². The molecule has 0 amide bonds. The Morgan fingerprint density at radius 2 is 2.50 bits per heavy atom. The number of carbonyl (C=O) groups excluding carboxylic acids is 1. The molecule has 1 N–H and O–H groups in total. The minimum atomic E-state index is 0.200. The molecule has 3 unspecified atom stereocenters. The number of nitrogens with one attached hydrogen (secondary N) is 1. The predicted octanol–water partition coefficient (Wildman–Crippen LogP) is 2.19. The first-order valence-corrected chi connectivity index (χ1v) is 6.03. The Kier molecular flexibility index (Phi) is 1.94. The summed E-state index contributed by atoms with van der Waals surface area (Å²) in [6.07, 6.45) is 1.17. The minimum Gasteiger partial charge on any atom is -0.313 e. The Morgan fingerprint density at radius 1 is 1.64 bits per heavy atom. The molecule has 1 aromatic rings. The summed E-state index contributed by atoms with van der Waals surface area (Å²) in [6.45, 7) is 1.00.